The molecular weight excluding hydrogens is 364 g/mol. The minimum absolute atomic E-state index is 0.0752. The summed E-state index contributed by atoms with van der Waals surface area (Å²) in [4.78, 5) is 11.6. The van der Waals surface area contributed by atoms with Gasteiger partial charge in [0.1, 0.15) is 18.2 Å². The number of hydrogen-bond acceptors (Lipinski definition) is 2. The molecule has 0 aliphatic carbocycles. The Morgan fingerprint density at radius 1 is 1.12 bits per heavy atom. The monoisotopic (exact) mass is 376 g/mol. The molecule has 9 heteroatoms. The van der Waals surface area contributed by atoms with E-state index in [1.54, 1.807) is 0 Å². The lowest BCUT2D eigenvalue weighted by Gasteiger charge is -2.11. The molecule has 0 aromatic heterocycles. The minimum atomic E-state index is -4.43. The van der Waals surface area contributed by atoms with Gasteiger partial charge in [-0.15, -0.1) is 0 Å². The lowest BCUT2D eigenvalue weighted by Crippen LogP contribution is -2.32. The van der Waals surface area contributed by atoms with Crippen LogP contribution in [-0.2, 0) is 6.18 Å². The maximum Gasteiger partial charge on any atom is 0.416 e. The molecule has 2 amide bonds. The van der Waals surface area contributed by atoms with Crippen LogP contribution in [0.15, 0.2) is 42.5 Å². The highest BCUT2D eigenvalue weighted by atomic mass is 35.5. The second-order valence-electron chi connectivity index (χ2n) is 4.88. The lowest BCUT2D eigenvalue weighted by molar-refractivity contribution is -0.137. The summed E-state index contributed by atoms with van der Waals surface area (Å²) in [5.74, 6) is -0.223. The van der Waals surface area contributed by atoms with E-state index in [1.807, 2.05) is 0 Å². The van der Waals surface area contributed by atoms with Crippen molar-refractivity contribution in [3.05, 3.63) is 58.9 Å². The number of amides is 2. The van der Waals surface area contributed by atoms with Gasteiger partial charge in [-0.3, -0.25) is 0 Å². The van der Waals surface area contributed by atoms with Crippen LogP contribution in [0.3, 0.4) is 0 Å². The van der Waals surface area contributed by atoms with E-state index in [0.29, 0.717) is 0 Å². The van der Waals surface area contributed by atoms with Gasteiger partial charge in [-0.1, -0.05) is 11.6 Å². The van der Waals surface area contributed by atoms with Gasteiger partial charge >= 0.3 is 12.2 Å². The summed E-state index contributed by atoms with van der Waals surface area (Å²) in [6.45, 7) is 0.186. The number of carbonyl (C=O) groups excluding carboxylic acids is 1. The number of hydrogen-bond donors (Lipinski definition) is 2. The topological polar surface area (TPSA) is 50.4 Å². The number of anilines is 1. The molecule has 0 atom stereocenters. The second-order valence-corrected chi connectivity index (χ2v) is 5.29. The summed E-state index contributed by atoms with van der Waals surface area (Å²) < 4.78 is 55.5. The van der Waals surface area contributed by atoms with E-state index in [-0.39, 0.29) is 29.6 Å². The fraction of sp³-hybridized carbons (Fsp3) is 0.188. The van der Waals surface area contributed by atoms with Gasteiger partial charge in [0.2, 0.25) is 0 Å². The van der Waals surface area contributed by atoms with Crippen molar-refractivity contribution in [1.29, 1.82) is 0 Å². The second kappa shape index (κ2) is 8.06. The molecule has 0 unspecified atom stereocenters. The number of rotatable bonds is 5. The molecule has 2 rings (SSSR count). The SMILES string of the molecule is O=C(NCCOc1ccc(F)cc1Cl)Nc1ccc(C(F)(F)F)cc1. The minimum Gasteiger partial charge on any atom is -0.490 e. The van der Waals surface area contributed by atoms with E-state index in [1.165, 1.54) is 12.1 Å². The molecule has 4 nitrogen and oxygen atoms in total. The van der Waals surface area contributed by atoms with Crippen molar-refractivity contribution in [2.45, 2.75) is 6.18 Å². The van der Waals surface area contributed by atoms with Crippen molar-refractivity contribution in [2.24, 2.45) is 0 Å². The molecule has 0 saturated carbocycles. The molecule has 0 fully saturated rings. The van der Waals surface area contributed by atoms with Crippen LogP contribution in [0.25, 0.3) is 0 Å². The van der Waals surface area contributed by atoms with Crippen molar-refractivity contribution in [1.82, 2.24) is 5.32 Å². The van der Waals surface area contributed by atoms with Crippen LogP contribution in [0.4, 0.5) is 28.0 Å². The molecule has 0 heterocycles. The van der Waals surface area contributed by atoms with Gasteiger partial charge in [-0.25, -0.2) is 9.18 Å². The lowest BCUT2D eigenvalue weighted by atomic mass is 10.2. The molecular formula is C16H13ClF4N2O2. The van der Waals surface area contributed by atoms with Crippen molar-refractivity contribution < 1.29 is 27.1 Å². The van der Waals surface area contributed by atoms with Crippen LogP contribution in [0, 0.1) is 5.82 Å². The summed E-state index contributed by atoms with van der Waals surface area (Å²) in [6.07, 6.45) is -4.43. The third-order valence-electron chi connectivity index (χ3n) is 3.01. The smallest absolute Gasteiger partial charge is 0.416 e. The standard InChI is InChI=1S/C16H13ClF4N2O2/c17-13-9-11(18)3-6-14(13)25-8-7-22-15(24)23-12-4-1-10(2-5-12)16(19,20)21/h1-6,9H,7-8H2,(H2,22,23,24). The van der Waals surface area contributed by atoms with Crippen LogP contribution < -0.4 is 15.4 Å². The maximum atomic E-state index is 12.9. The van der Waals surface area contributed by atoms with Crippen LogP contribution in [0.5, 0.6) is 5.75 Å². The van der Waals surface area contributed by atoms with Crippen LogP contribution in [0.2, 0.25) is 5.02 Å². The van der Waals surface area contributed by atoms with Crippen LogP contribution in [-0.4, -0.2) is 19.2 Å². The first-order chi connectivity index (χ1) is 11.8. The molecule has 134 valence electrons. The normalized spacial score (nSPS) is 11.1. The molecule has 0 bridgehead atoms. The fourth-order valence-electron chi connectivity index (χ4n) is 1.84. The molecule has 0 spiro atoms. The highest BCUT2D eigenvalue weighted by Gasteiger charge is 2.29. The molecule has 25 heavy (non-hydrogen) atoms. The number of nitrogens with one attached hydrogen (secondary N) is 2. The first-order valence-corrected chi connectivity index (χ1v) is 7.43. The van der Waals surface area contributed by atoms with Gasteiger partial charge in [0.15, 0.2) is 0 Å². The number of urea groups is 1. The van der Waals surface area contributed by atoms with Gasteiger partial charge < -0.3 is 15.4 Å². The first-order valence-electron chi connectivity index (χ1n) is 7.05. The van der Waals surface area contributed by atoms with E-state index < -0.39 is 23.6 Å². The fourth-order valence-corrected chi connectivity index (χ4v) is 2.06. The Balaban J connectivity index is 1.75. The predicted octanol–water partition coefficient (Wildman–Crippen LogP) is 4.70. The van der Waals surface area contributed by atoms with Crippen LogP contribution >= 0.6 is 11.6 Å². The van der Waals surface area contributed by atoms with Gasteiger partial charge in [-0.05, 0) is 42.5 Å². The zero-order valence-electron chi connectivity index (χ0n) is 12.7. The first kappa shape index (κ1) is 18.9. The quantitative estimate of drug-likeness (QED) is 0.587. The molecule has 0 aliphatic heterocycles. The highest BCUT2D eigenvalue weighted by molar-refractivity contribution is 6.32. The largest absolute Gasteiger partial charge is 0.490 e. The number of benzene rings is 2. The number of ether oxygens (including phenoxy) is 1. The Hall–Kier alpha value is -2.48. The summed E-state index contributed by atoms with van der Waals surface area (Å²) in [5.41, 5.74) is -0.587. The Morgan fingerprint density at radius 3 is 2.40 bits per heavy atom. The van der Waals surface area contributed by atoms with Gasteiger partial charge in [0, 0.05) is 5.69 Å². The van der Waals surface area contributed by atoms with Crippen molar-refractivity contribution in [3.8, 4) is 5.75 Å². The average molecular weight is 377 g/mol. The maximum absolute atomic E-state index is 12.9. The summed E-state index contributed by atoms with van der Waals surface area (Å²) in [6, 6.07) is 7.08. The Morgan fingerprint density at radius 2 is 1.80 bits per heavy atom. The van der Waals surface area contributed by atoms with Crippen molar-refractivity contribution in [2.75, 3.05) is 18.5 Å². The van der Waals surface area contributed by atoms with Crippen LogP contribution in [0.1, 0.15) is 5.56 Å². The van der Waals surface area contributed by atoms with E-state index >= 15 is 0 Å². The summed E-state index contributed by atoms with van der Waals surface area (Å²) >= 11 is 5.78. The number of alkyl halides is 3. The summed E-state index contributed by atoms with van der Waals surface area (Å²) in [7, 11) is 0. The number of carbonyl (C=O) groups is 1. The number of halogens is 5. The van der Waals surface area contributed by atoms with Gasteiger partial charge in [0.25, 0.3) is 0 Å². The van der Waals surface area contributed by atoms with E-state index in [2.05, 4.69) is 10.6 Å². The van der Waals surface area contributed by atoms with E-state index in [9.17, 15) is 22.4 Å². The molecule has 2 aromatic rings. The molecule has 0 aliphatic rings. The third-order valence-corrected chi connectivity index (χ3v) is 3.30. The zero-order chi connectivity index (χ0) is 18.4. The zero-order valence-corrected chi connectivity index (χ0v) is 13.4. The average Bonchev–Trinajstić information content (AvgIpc) is 2.53. The highest BCUT2D eigenvalue weighted by Crippen LogP contribution is 2.29. The van der Waals surface area contributed by atoms with E-state index in [4.69, 9.17) is 16.3 Å². The summed E-state index contributed by atoms with van der Waals surface area (Å²) in [5, 5.41) is 4.96. The molecule has 2 aromatic carbocycles. The van der Waals surface area contributed by atoms with E-state index in [0.717, 1.165) is 30.3 Å². The molecule has 0 radical (unpaired) electrons. The van der Waals surface area contributed by atoms with Gasteiger partial charge in [-0.2, -0.15) is 13.2 Å². The van der Waals surface area contributed by atoms with Crippen molar-refractivity contribution in [3.63, 3.8) is 0 Å². The Kier molecular flexibility index (Phi) is 6.08. The van der Waals surface area contributed by atoms with Gasteiger partial charge in [0.05, 0.1) is 17.1 Å². The third kappa shape index (κ3) is 5.82. The predicted molar refractivity (Wildman–Crippen MR) is 85.4 cm³/mol. The Labute approximate surface area is 145 Å². The van der Waals surface area contributed by atoms with Crippen molar-refractivity contribution >= 4 is 23.3 Å². The molecule has 0 saturated heterocycles. The Bertz CT molecular complexity index is 736. The molecule has 2 N–H and O–H groups in total.